The predicted molar refractivity (Wildman–Crippen MR) is 155 cm³/mol. The van der Waals surface area contributed by atoms with Crippen LogP contribution in [-0.4, -0.2) is 21.3 Å². The summed E-state index contributed by atoms with van der Waals surface area (Å²) in [5.74, 6) is 1.88. The van der Waals surface area contributed by atoms with E-state index in [0.717, 1.165) is 29.5 Å². The van der Waals surface area contributed by atoms with Crippen molar-refractivity contribution in [2.45, 2.75) is 31.8 Å². The Morgan fingerprint density at radius 1 is 0.805 bits per heavy atom. The highest BCUT2D eigenvalue weighted by molar-refractivity contribution is 5.70. The Hall–Kier alpha value is -4.78. The monoisotopic (exact) mass is 552 g/mol. The minimum Gasteiger partial charge on any atom is -0.496 e. The van der Waals surface area contributed by atoms with Gasteiger partial charge in [0.15, 0.2) is 0 Å². The maximum Gasteiger partial charge on any atom is 0.446 e. The molecule has 7 heteroatoms. The smallest absolute Gasteiger partial charge is 0.446 e. The second-order valence-electron chi connectivity index (χ2n) is 9.85. The van der Waals surface area contributed by atoms with Gasteiger partial charge in [0.2, 0.25) is 0 Å². The molecule has 0 aromatic heterocycles. The van der Waals surface area contributed by atoms with Crippen molar-refractivity contribution in [2.75, 3.05) is 21.3 Å². The lowest BCUT2D eigenvalue weighted by Gasteiger charge is -2.33. The zero-order valence-electron chi connectivity index (χ0n) is 23.5. The van der Waals surface area contributed by atoms with E-state index >= 15 is 0 Å². The van der Waals surface area contributed by atoms with Crippen LogP contribution in [-0.2, 0) is 17.1 Å². The number of ether oxygens (including phenoxy) is 7. The van der Waals surface area contributed by atoms with Crippen molar-refractivity contribution < 1.29 is 33.2 Å². The van der Waals surface area contributed by atoms with Crippen LogP contribution in [0.1, 0.15) is 40.3 Å². The van der Waals surface area contributed by atoms with Gasteiger partial charge in [-0.2, -0.15) is 0 Å². The molecule has 2 aliphatic heterocycles. The molecule has 2 heterocycles. The quantitative estimate of drug-likeness (QED) is 0.237. The van der Waals surface area contributed by atoms with Gasteiger partial charge in [0.05, 0.1) is 38.7 Å². The van der Waals surface area contributed by atoms with Crippen LogP contribution >= 0.6 is 0 Å². The van der Waals surface area contributed by atoms with E-state index in [1.807, 2.05) is 73.7 Å². The van der Waals surface area contributed by atoms with Crippen LogP contribution in [0.2, 0.25) is 0 Å². The maximum atomic E-state index is 6.66. The van der Waals surface area contributed by atoms with Gasteiger partial charge in [-0.05, 0) is 43.5 Å². The molecule has 0 bridgehead atoms. The van der Waals surface area contributed by atoms with Crippen LogP contribution in [0.15, 0.2) is 85.1 Å². The highest BCUT2D eigenvalue weighted by Gasteiger charge is 2.43. The zero-order chi connectivity index (χ0) is 28.4. The molecule has 4 aromatic carbocycles. The van der Waals surface area contributed by atoms with Crippen molar-refractivity contribution in [1.29, 1.82) is 0 Å². The van der Waals surface area contributed by atoms with E-state index in [1.165, 1.54) is 0 Å². The normalized spacial score (nSPS) is 18.9. The summed E-state index contributed by atoms with van der Waals surface area (Å²) in [5.41, 5.74) is 4.33. The Morgan fingerprint density at radius 3 is 2.24 bits per heavy atom. The fourth-order valence-corrected chi connectivity index (χ4v) is 5.42. The Bertz CT molecular complexity index is 1570. The third-order valence-electron chi connectivity index (χ3n) is 7.45. The Labute approximate surface area is 239 Å². The number of methoxy groups -OCH3 is 3. The molecule has 2 aliphatic rings. The van der Waals surface area contributed by atoms with Crippen molar-refractivity contribution in [3.05, 3.63) is 113 Å². The van der Waals surface area contributed by atoms with Crippen LogP contribution < -0.4 is 28.4 Å². The summed E-state index contributed by atoms with van der Waals surface area (Å²) >= 11 is 0. The molecule has 1 unspecified atom stereocenters. The average Bonchev–Trinajstić information content (AvgIpc) is 3.20. The molecule has 41 heavy (non-hydrogen) atoms. The van der Waals surface area contributed by atoms with Gasteiger partial charge in [-0.15, -0.1) is 0 Å². The lowest BCUT2D eigenvalue weighted by atomic mass is 9.96. The van der Waals surface area contributed by atoms with E-state index in [9.17, 15) is 0 Å². The fourth-order valence-electron chi connectivity index (χ4n) is 5.42. The van der Waals surface area contributed by atoms with Crippen LogP contribution in [0.25, 0.3) is 6.08 Å². The number of hydrogen-bond acceptors (Lipinski definition) is 7. The number of rotatable bonds is 7. The second-order valence-corrected chi connectivity index (χ2v) is 9.85. The maximum absolute atomic E-state index is 6.66. The summed E-state index contributed by atoms with van der Waals surface area (Å²) in [6.07, 6.45) is 4.94. The minimum atomic E-state index is -1.68. The van der Waals surface area contributed by atoms with Gasteiger partial charge in [0.25, 0.3) is 0 Å². The Balaban J connectivity index is 1.43. The predicted octanol–water partition coefficient (Wildman–Crippen LogP) is 7.36. The van der Waals surface area contributed by atoms with Gasteiger partial charge >= 0.3 is 5.97 Å². The largest absolute Gasteiger partial charge is 0.496 e. The summed E-state index contributed by atoms with van der Waals surface area (Å²) in [6.45, 7) is 1.93. The molecule has 0 radical (unpaired) electrons. The SMILES string of the molecule is COc1cc2c(c(OC)c1C)C=COC(Oc1cc(OC)c3c(c1)O[C@H](c1ccccc1)CC3)(c1ccccc1)O2. The third-order valence-corrected chi connectivity index (χ3v) is 7.45. The first-order chi connectivity index (χ1) is 20.0. The molecule has 0 saturated heterocycles. The average molecular weight is 553 g/mol. The molecule has 210 valence electrons. The molecule has 0 N–H and O–H groups in total. The van der Waals surface area contributed by atoms with E-state index in [4.69, 9.17) is 33.2 Å². The van der Waals surface area contributed by atoms with E-state index in [2.05, 4.69) is 12.1 Å². The highest BCUT2D eigenvalue weighted by atomic mass is 16.9. The highest BCUT2D eigenvalue weighted by Crippen LogP contribution is 2.47. The van der Waals surface area contributed by atoms with E-state index < -0.39 is 5.97 Å². The van der Waals surface area contributed by atoms with Crippen LogP contribution in [0, 0.1) is 6.92 Å². The molecule has 7 nitrogen and oxygen atoms in total. The number of benzene rings is 4. The Morgan fingerprint density at radius 2 is 1.54 bits per heavy atom. The van der Waals surface area contributed by atoms with Crippen molar-refractivity contribution in [3.63, 3.8) is 0 Å². The molecular formula is C34H32O7. The molecule has 0 saturated carbocycles. The zero-order valence-corrected chi connectivity index (χ0v) is 23.5. The third kappa shape index (κ3) is 4.88. The van der Waals surface area contributed by atoms with Crippen LogP contribution in [0.4, 0.5) is 0 Å². The van der Waals surface area contributed by atoms with E-state index in [0.29, 0.717) is 45.6 Å². The minimum absolute atomic E-state index is 0.0740. The van der Waals surface area contributed by atoms with Gasteiger partial charge in [-0.3, -0.25) is 0 Å². The molecule has 6 rings (SSSR count). The van der Waals surface area contributed by atoms with E-state index in [-0.39, 0.29) is 6.10 Å². The van der Waals surface area contributed by atoms with Gasteiger partial charge in [0.1, 0.15) is 40.6 Å². The lowest BCUT2D eigenvalue weighted by Crippen LogP contribution is -2.41. The summed E-state index contributed by atoms with van der Waals surface area (Å²) in [4.78, 5) is 0. The first-order valence-electron chi connectivity index (χ1n) is 13.5. The molecular weight excluding hydrogens is 520 g/mol. The van der Waals surface area contributed by atoms with Crippen LogP contribution in [0.5, 0.6) is 34.5 Å². The van der Waals surface area contributed by atoms with E-state index in [1.54, 1.807) is 33.7 Å². The molecule has 0 amide bonds. The summed E-state index contributed by atoms with van der Waals surface area (Å²) in [5, 5.41) is 0. The molecule has 0 aliphatic carbocycles. The second kappa shape index (κ2) is 11.0. The first-order valence-corrected chi connectivity index (χ1v) is 13.5. The van der Waals surface area contributed by atoms with Crippen molar-refractivity contribution >= 4 is 6.08 Å². The van der Waals surface area contributed by atoms with Crippen molar-refractivity contribution in [1.82, 2.24) is 0 Å². The standard InChI is InChI=1S/C34H32O7/c1-22-29(35-2)21-32-27(33(22)37-4)17-18-38-34(41-32,24-13-9-6-10-14-24)40-25-19-30(36-3)26-15-16-28(39-31(26)20-25)23-11-7-5-8-12-23/h5-14,17-21,28H,15-16H2,1-4H3/t28-,34?/m0/s1. The summed E-state index contributed by atoms with van der Waals surface area (Å²) in [6, 6.07) is 25.2. The number of hydrogen-bond donors (Lipinski definition) is 0. The van der Waals surface area contributed by atoms with Crippen molar-refractivity contribution in [2.24, 2.45) is 0 Å². The Kier molecular flexibility index (Phi) is 7.10. The summed E-state index contributed by atoms with van der Waals surface area (Å²) < 4.78 is 43.2. The molecule has 0 fully saturated rings. The number of fused-ring (bicyclic) bond motifs is 2. The first kappa shape index (κ1) is 26.4. The van der Waals surface area contributed by atoms with Crippen molar-refractivity contribution in [3.8, 4) is 34.5 Å². The van der Waals surface area contributed by atoms with Crippen LogP contribution in [0.3, 0.4) is 0 Å². The molecule has 4 aromatic rings. The molecule has 2 atom stereocenters. The van der Waals surface area contributed by atoms with Gasteiger partial charge in [-0.25, -0.2) is 0 Å². The topological polar surface area (TPSA) is 64.6 Å². The van der Waals surface area contributed by atoms with Gasteiger partial charge in [-0.1, -0.05) is 48.5 Å². The van der Waals surface area contributed by atoms with Gasteiger partial charge < -0.3 is 33.2 Å². The van der Waals surface area contributed by atoms with Gasteiger partial charge in [0, 0.05) is 29.3 Å². The summed E-state index contributed by atoms with van der Waals surface area (Å²) in [7, 11) is 4.87. The fraction of sp³-hybridized carbons (Fsp3) is 0.235. The molecule has 0 spiro atoms. The lowest BCUT2D eigenvalue weighted by molar-refractivity contribution is -0.285.